The summed E-state index contributed by atoms with van der Waals surface area (Å²) >= 11 is 0. The van der Waals surface area contributed by atoms with Gasteiger partial charge in [0.05, 0.1) is 18.3 Å². The molecule has 0 saturated heterocycles. The van der Waals surface area contributed by atoms with Crippen LogP contribution < -0.4 is 26.8 Å². The lowest BCUT2D eigenvalue weighted by Gasteiger charge is -2.24. The number of ether oxygens (including phenoxy) is 3. The number of anilines is 2. The summed E-state index contributed by atoms with van der Waals surface area (Å²) in [5.41, 5.74) is 7.41. The van der Waals surface area contributed by atoms with Crippen molar-refractivity contribution < 1.29 is 23.8 Å². The maximum atomic E-state index is 12.3. The highest BCUT2D eigenvalue weighted by atomic mass is 16.8. The summed E-state index contributed by atoms with van der Waals surface area (Å²) in [6.07, 6.45) is 2.59. The van der Waals surface area contributed by atoms with Crippen LogP contribution >= 0.6 is 0 Å². The van der Waals surface area contributed by atoms with Crippen LogP contribution in [-0.4, -0.2) is 37.7 Å². The van der Waals surface area contributed by atoms with Gasteiger partial charge < -0.3 is 25.3 Å². The number of rotatable bonds is 12. The highest BCUT2D eigenvalue weighted by Gasteiger charge is 2.23. The monoisotopic (exact) mass is 472 g/mol. The van der Waals surface area contributed by atoms with E-state index in [1.54, 1.807) is 12.1 Å². The number of nitrogens with two attached hydrogens (primary N) is 2. The minimum Gasteiger partial charge on any atom is -0.465 e. The Morgan fingerprint density at radius 1 is 1.15 bits per heavy atom. The lowest BCUT2D eigenvalue weighted by Crippen LogP contribution is -2.42. The SMILES string of the molecule is CC(C)(C)OC(=O)N[C@@H](COCC1CC1)Cc1ccc(OCON(N)c2ccccc2N)cc1. The van der Waals surface area contributed by atoms with Gasteiger partial charge in [-0.1, -0.05) is 24.3 Å². The lowest BCUT2D eigenvalue weighted by atomic mass is 10.1. The Balaban J connectivity index is 1.48. The molecule has 1 saturated carbocycles. The van der Waals surface area contributed by atoms with Crippen LogP contribution in [0.15, 0.2) is 48.5 Å². The first-order valence-corrected chi connectivity index (χ1v) is 11.5. The first kappa shape index (κ1) is 25.6. The second-order valence-corrected chi connectivity index (χ2v) is 9.45. The quantitative estimate of drug-likeness (QED) is 0.185. The molecule has 0 bridgehead atoms. The lowest BCUT2D eigenvalue weighted by molar-refractivity contribution is -0.000880. The molecule has 0 aliphatic heterocycles. The summed E-state index contributed by atoms with van der Waals surface area (Å²) in [5, 5.41) is 4.01. The van der Waals surface area contributed by atoms with Crippen LogP contribution in [0.3, 0.4) is 0 Å². The Kier molecular flexibility index (Phi) is 8.98. The summed E-state index contributed by atoms with van der Waals surface area (Å²) in [5.74, 6) is 7.15. The van der Waals surface area contributed by atoms with Crippen molar-refractivity contribution in [2.24, 2.45) is 11.8 Å². The molecule has 1 fully saturated rings. The summed E-state index contributed by atoms with van der Waals surface area (Å²) in [7, 11) is 0. The molecule has 2 aromatic carbocycles. The number of carbonyl (C=O) groups excluding carboxylic acids is 1. The molecule has 0 heterocycles. The number of nitrogens with zero attached hydrogens (tertiary/aromatic N) is 1. The molecule has 1 amide bonds. The topological polar surface area (TPSA) is 121 Å². The van der Waals surface area contributed by atoms with Crippen LogP contribution in [0.1, 0.15) is 39.2 Å². The maximum Gasteiger partial charge on any atom is 0.407 e. The fourth-order valence-electron chi connectivity index (χ4n) is 3.20. The van der Waals surface area contributed by atoms with Crippen molar-refractivity contribution in [3.63, 3.8) is 0 Å². The zero-order valence-electron chi connectivity index (χ0n) is 20.2. The van der Waals surface area contributed by atoms with Crippen molar-refractivity contribution >= 4 is 17.5 Å². The van der Waals surface area contributed by atoms with Gasteiger partial charge in [0.1, 0.15) is 17.0 Å². The molecule has 0 aromatic heterocycles. The average Bonchev–Trinajstić information content (AvgIpc) is 3.58. The second-order valence-electron chi connectivity index (χ2n) is 9.45. The Labute approximate surface area is 201 Å². The van der Waals surface area contributed by atoms with E-state index in [0.29, 0.717) is 36.1 Å². The van der Waals surface area contributed by atoms with Gasteiger partial charge in [-0.15, -0.1) is 0 Å². The third kappa shape index (κ3) is 9.09. The van der Waals surface area contributed by atoms with Crippen molar-refractivity contribution in [1.29, 1.82) is 0 Å². The number of carbonyl (C=O) groups is 1. The Bertz CT molecular complexity index is 912. The normalized spacial score (nSPS) is 14.4. The van der Waals surface area contributed by atoms with E-state index < -0.39 is 11.7 Å². The number of amides is 1. The van der Waals surface area contributed by atoms with E-state index in [2.05, 4.69) is 5.32 Å². The molecule has 0 spiro atoms. The molecular weight excluding hydrogens is 436 g/mol. The van der Waals surface area contributed by atoms with Gasteiger partial charge in [-0.05, 0) is 75.8 Å². The van der Waals surface area contributed by atoms with Crippen molar-refractivity contribution in [2.75, 3.05) is 30.9 Å². The third-order valence-electron chi connectivity index (χ3n) is 5.09. The van der Waals surface area contributed by atoms with Crippen molar-refractivity contribution in [3.8, 4) is 5.75 Å². The number of hydrogen-bond donors (Lipinski definition) is 3. The van der Waals surface area contributed by atoms with E-state index >= 15 is 0 Å². The maximum absolute atomic E-state index is 12.3. The smallest absolute Gasteiger partial charge is 0.407 e. The number of hydrazine groups is 1. The Morgan fingerprint density at radius 2 is 1.85 bits per heavy atom. The molecule has 0 unspecified atom stereocenters. The predicted octanol–water partition coefficient (Wildman–Crippen LogP) is 3.78. The number of alkyl carbamates (subject to hydrolysis) is 1. The number of para-hydroxylation sites is 2. The first-order valence-electron chi connectivity index (χ1n) is 11.5. The Morgan fingerprint density at radius 3 is 2.50 bits per heavy atom. The van der Waals surface area contributed by atoms with Gasteiger partial charge >= 0.3 is 6.09 Å². The molecule has 5 N–H and O–H groups in total. The van der Waals surface area contributed by atoms with E-state index in [0.717, 1.165) is 17.3 Å². The summed E-state index contributed by atoms with van der Waals surface area (Å²) in [6.45, 7) is 6.59. The predicted molar refractivity (Wildman–Crippen MR) is 131 cm³/mol. The molecule has 34 heavy (non-hydrogen) atoms. The summed E-state index contributed by atoms with van der Waals surface area (Å²) in [4.78, 5) is 17.7. The second kappa shape index (κ2) is 11.9. The molecular formula is C25H36N4O5. The van der Waals surface area contributed by atoms with Crippen molar-refractivity contribution in [2.45, 2.75) is 51.7 Å². The molecule has 0 radical (unpaired) electrons. The molecule has 9 nitrogen and oxygen atoms in total. The molecule has 9 heteroatoms. The standard InChI is InChI=1S/C25H36N4O5/c1-25(2,3)34-24(30)28-20(16-31-15-19-8-9-19)14-18-10-12-21(13-11-18)32-17-33-29(27)23-7-5-4-6-22(23)26/h4-7,10-13,19-20H,8-9,14-17,26-27H2,1-3H3,(H,28,30)/t20-/m1/s1. The van der Waals surface area contributed by atoms with Gasteiger partial charge in [0.25, 0.3) is 0 Å². The van der Waals surface area contributed by atoms with Crippen LogP contribution in [0.5, 0.6) is 5.75 Å². The number of nitrogen functional groups attached to an aromatic ring is 1. The third-order valence-corrected chi connectivity index (χ3v) is 5.09. The molecule has 1 atom stereocenters. The molecule has 2 aromatic rings. The van der Waals surface area contributed by atoms with E-state index in [1.165, 1.54) is 12.8 Å². The largest absolute Gasteiger partial charge is 0.465 e. The van der Waals surface area contributed by atoms with Gasteiger partial charge in [0.2, 0.25) is 6.79 Å². The zero-order valence-corrected chi connectivity index (χ0v) is 20.2. The van der Waals surface area contributed by atoms with E-state index in [-0.39, 0.29) is 12.8 Å². The first-order chi connectivity index (χ1) is 16.2. The van der Waals surface area contributed by atoms with E-state index in [1.807, 2.05) is 57.2 Å². The van der Waals surface area contributed by atoms with Crippen LogP contribution in [0.2, 0.25) is 0 Å². The molecule has 1 aliphatic carbocycles. The number of hydrogen-bond acceptors (Lipinski definition) is 8. The van der Waals surface area contributed by atoms with Gasteiger partial charge in [0.15, 0.2) is 0 Å². The molecule has 1 aliphatic rings. The fraction of sp³-hybridized carbons (Fsp3) is 0.480. The highest BCUT2D eigenvalue weighted by molar-refractivity contribution is 5.68. The van der Waals surface area contributed by atoms with Crippen LogP contribution in [0.4, 0.5) is 16.2 Å². The Hall–Kier alpha value is -3.01. The average molecular weight is 473 g/mol. The van der Waals surface area contributed by atoms with E-state index in [4.69, 9.17) is 30.6 Å². The van der Waals surface area contributed by atoms with Crippen LogP contribution in [-0.2, 0) is 20.7 Å². The minimum absolute atomic E-state index is 0.0813. The summed E-state index contributed by atoms with van der Waals surface area (Å²) < 4.78 is 16.9. The van der Waals surface area contributed by atoms with Gasteiger partial charge in [-0.3, -0.25) is 0 Å². The fourth-order valence-corrected chi connectivity index (χ4v) is 3.20. The highest BCUT2D eigenvalue weighted by Crippen LogP contribution is 2.28. The van der Waals surface area contributed by atoms with Gasteiger partial charge in [-0.25, -0.2) is 15.5 Å². The molecule has 3 rings (SSSR count). The molecule has 186 valence electrons. The number of benzene rings is 2. The van der Waals surface area contributed by atoms with Crippen molar-refractivity contribution in [3.05, 3.63) is 54.1 Å². The zero-order chi connectivity index (χ0) is 24.6. The van der Waals surface area contributed by atoms with Gasteiger partial charge in [-0.2, -0.15) is 5.17 Å². The van der Waals surface area contributed by atoms with Crippen LogP contribution in [0, 0.1) is 5.92 Å². The van der Waals surface area contributed by atoms with Crippen molar-refractivity contribution in [1.82, 2.24) is 5.32 Å². The minimum atomic E-state index is -0.560. The van der Waals surface area contributed by atoms with Crippen LogP contribution in [0.25, 0.3) is 0 Å². The van der Waals surface area contributed by atoms with Gasteiger partial charge in [0, 0.05) is 6.61 Å². The number of nitrogens with one attached hydrogen (secondary N) is 1. The summed E-state index contributed by atoms with van der Waals surface area (Å²) in [6, 6.07) is 14.5. The van der Waals surface area contributed by atoms with E-state index in [9.17, 15) is 4.79 Å².